The zero-order valence-corrected chi connectivity index (χ0v) is 17.6. The van der Waals surface area contributed by atoms with Crippen LogP contribution >= 0.6 is 7.92 Å². The average molecular weight is 364 g/mol. The molecule has 128 valence electrons. The predicted octanol–water partition coefficient (Wildman–Crippen LogP) is 6.44. The molecule has 0 bridgehead atoms. The Bertz CT molecular complexity index is 316. The molecule has 1 saturated carbocycles. The van der Waals surface area contributed by atoms with Gasteiger partial charge in [-0.3, -0.25) is 0 Å². The molecule has 6 radical (unpaired) electrons. The molecule has 0 aromatic rings. The minimum absolute atomic E-state index is 0. The van der Waals surface area contributed by atoms with Gasteiger partial charge in [0, 0.05) is 22.2 Å². The molecular formula is C20H34CoP. The minimum Gasteiger partial charge on any atom is -0.0956 e. The van der Waals surface area contributed by atoms with Crippen molar-refractivity contribution in [1.82, 2.24) is 0 Å². The van der Waals surface area contributed by atoms with E-state index < -0.39 is 0 Å². The van der Waals surface area contributed by atoms with Crippen LogP contribution < -0.4 is 0 Å². The molecule has 2 aliphatic rings. The van der Waals surface area contributed by atoms with E-state index in [1.807, 2.05) is 0 Å². The molecule has 0 unspecified atom stereocenters. The van der Waals surface area contributed by atoms with E-state index in [1.165, 1.54) is 18.5 Å². The van der Waals surface area contributed by atoms with Crippen LogP contribution in [0.15, 0.2) is 12.2 Å². The van der Waals surface area contributed by atoms with Gasteiger partial charge < -0.3 is 0 Å². The average Bonchev–Trinajstić information content (AvgIpc) is 2.77. The van der Waals surface area contributed by atoms with E-state index in [1.54, 1.807) is 0 Å². The molecule has 0 aromatic heterocycles. The molecule has 0 nitrogen and oxygen atoms in total. The number of allylic oxidation sites excluding steroid dienone is 2. The first-order valence-corrected chi connectivity index (χ1v) is 9.63. The van der Waals surface area contributed by atoms with Gasteiger partial charge >= 0.3 is 0 Å². The third kappa shape index (κ3) is 9.09. The van der Waals surface area contributed by atoms with Crippen LogP contribution in [-0.2, 0) is 16.8 Å². The van der Waals surface area contributed by atoms with Gasteiger partial charge in [0.15, 0.2) is 0 Å². The van der Waals surface area contributed by atoms with Crippen LogP contribution in [0.1, 0.15) is 61.8 Å². The standard InChI is InChI=1S/C15H26P.C5H8.Co/c1-14(2,3)16(15(4,5)6)12-11-13-9-7-8-10-13;1-5(2)3-4-5;/h7-10H,11-12H2,1-6H3;3-4H,1-2H3;. The third-order valence-corrected chi connectivity index (χ3v) is 7.72. The first-order chi connectivity index (χ1) is 9.42. The Hall–Kier alpha value is 0.676. The molecule has 0 saturated heterocycles. The van der Waals surface area contributed by atoms with Crippen LogP contribution in [0.2, 0.25) is 0 Å². The smallest absolute Gasteiger partial charge is 0.000503 e. The Labute approximate surface area is 152 Å². The van der Waals surface area contributed by atoms with Gasteiger partial charge in [0.05, 0.1) is 0 Å². The molecule has 0 atom stereocenters. The molecule has 2 heteroatoms. The Balaban J connectivity index is 0.000000622. The second-order valence-electron chi connectivity index (χ2n) is 8.69. The molecular weight excluding hydrogens is 330 g/mol. The maximum absolute atomic E-state index is 2.40. The van der Waals surface area contributed by atoms with Gasteiger partial charge in [-0.25, -0.2) is 0 Å². The van der Waals surface area contributed by atoms with Crippen LogP contribution in [0.3, 0.4) is 0 Å². The summed E-state index contributed by atoms with van der Waals surface area (Å²) >= 11 is 0. The number of hydrogen-bond donors (Lipinski definition) is 0. The maximum Gasteiger partial charge on any atom is 0.000503 e. The van der Waals surface area contributed by atoms with Gasteiger partial charge in [-0.15, -0.1) is 0 Å². The Morgan fingerprint density at radius 1 is 0.864 bits per heavy atom. The Morgan fingerprint density at radius 3 is 1.50 bits per heavy atom. The van der Waals surface area contributed by atoms with E-state index in [0.29, 0.717) is 15.7 Å². The van der Waals surface area contributed by atoms with Crippen LogP contribution in [0, 0.1) is 37.0 Å². The van der Waals surface area contributed by atoms with E-state index in [2.05, 4.69) is 93.2 Å². The number of rotatable bonds is 3. The summed E-state index contributed by atoms with van der Waals surface area (Å²) in [6.07, 6.45) is 15.8. The van der Waals surface area contributed by atoms with Crippen LogP contribution in [0.25, 0.3) is 0 Å². The van der Waals surface area contributed by atoms with Crippen molar-refractivity contribution in [2.45, 2.75) is 72.1 Å². The van der Waals surface area contributed by atoms with Gasteiger partial charge in [0.25, 0.3) is 0 Å². The third-order valence-electron chi connectivity index (χ3n) is 3.81. The first-order valence-electron chi connectivity index (χ1n) is 8.11. The summed E-state index contributed by atoms with van der Waals surface area (Å²) < 4.78 is 0. The molecule has 1 fully saturated rings. The second-order valence-corrected chi connectivity index (χ2v) is 12.7. The fourth-order valence-electron chi connectivity index (χ4n) is 2.67. The molecule has 0 aromatic carbocycles. The molecule has 0 spiro atoms. The van der Waals surface area contributed by atoms with E-state index in [-0.39, 0.29) is 24.7 Å². The predicted molar refractivity (Wildman–Crippen MR) is 99.3 cm³/mol. The van der Waals surface area contributed by atoms with Gasteiger partial charge in [0.2, 0.25) is 0 Å². The topological polar surface area (TPSA) is 0 Å². The summed E-state index contributed by atoms with van der Waals surface area (Å²) in [5.41, 5.74) is 0.500. The summed E-state index contributed by atoms with van der Waals surface area (Å²) in [5.74, 6) is 1.50. The molecule has 0 aliphatic heterocycles. The summed E-state index contributed by atoms with van der Waals surface area (Å²) in [5, 5.41) is 0.917. The molecule has 22 heavy (non-hydrogen) atoms. The molecule has 2 rings (SSSR count). The van der Waals surface area contributed by atoms with Gasteiger partial charge in [-0.05, 0) is 54.5 Å². The second kappa shape index (κ2) is 8.68. The van der Waals surface area contributed by atoms with Crippen molar-refractivity contribution in [3.63, 3.8) is 0 Å². The molecule has 0 amide bonds. The van der Waals surface area contributed by atoms with Crippen LogP contribution in [0.5, 0.6) is 0 Å². The van der Waals surface area contributed by atoms with E-state index in [4.69, 9.17) is 0 Å². The summed E-state index contributed by atoms with van der Waals surface area (Å²) in [6.45, 7) is 18.8. The van der Waals surface area contributed by atoms with Crippen molar-refractivity contribution in [2.24, 2.45) is 5.41 Å². The molecule has 2 aliphatic carbocycles. The Kier molecular flexibility index (Phi) is 8.95. The van der Waals surface area contributed by atoms with Crippen molar-refractivity contribution >= 4 is 7.92 Å². The van der Waals surface area contributed by atoms with E-state index >= 15 is 0 Å². The SMILES string of the molecule is CC(C)(C)P(CC[C]1[CH][CH][CH][CH]1)C(C)(C)C.CC1(C)C=C1.[Co]. The van der Waals surface area contributed by atoms with Crippen molar-refractivity contribution in [2.75, 3.05) is 6.16 Å². The fraction of sp³-hybridized carbons (Fsp3) is 0.650. The summed E-state index contributed by atoms with van der Waals surface area (Å²) in [7, 11) is 0.0525. The van der Waals surface area contributed by atoms with Crippen LogP contribution in [0.4, 0.5) is 0 Å². The summed E-state index contributed by atoms with van der Waals surface area (Å²) in [6, 6.07) is 0. The summed E-state index contributed by atoms with van der Waals surface area (Å²) in [4.78, 5) is 0. The van der Waals surface area contributed by atoms with Crippen molar-refractivity contribution in [3.05, 3.63) is 43.8 Å². The maximum atomic E-state index is 2.40. The normalized spacial score (nSPS) is 20.4. The zero-order valence-electron chi connectivity index (χ0n) is 15.7. The van der Waals surface area contributed by atoms with Crippen molar-refractivity contribution in [3.8, 4) is 0 Å². The number of hydrogen-bond acceptors (Lipinski definition) is 0. The van der Waals surface area contributed by atoms with E-state index in [9.17, 15) is 0 Å². The van der Waals surface area contributed by atoms with Crippen molar-refractivity contribution in [1.29, 1.82) is 0 Å². The van der Waals surface area contributed by atoms with E-state index in [0.717, 1.165) is 0 Å². The molecule has 0 heterocycles. The minimum atomic E-state index is 0. The Morgan fingerprint density at radius 2 is 1.23 bits per heavy atom. The first kappa shape index (κ1) is 22.7. The van der Waals surface area contributed by atoms with Crippen molar-refractivity contribution < 1.29 is 16.8 Å². The van der Waals surface area contributed by atoms with Crippen LogP contribution in [-0.4, -0.2) is 16.5 Å². The fourth-order valence-corrected chi connectivity index (χ4v) is 6.50. The zero-order chi connectivity index (χ0) is 16.3. The monoisotopic (exact) mass is 364 g/mol. The van der Waals surface area contributed by atoms with Gasteiger partial charge in [-0.1, -0.05) is 75.5 Å². The molecule has 0 N–H and O–H groups in total. The van der Waals surface area contributed by atoms with Gasteiger partial charge in [0.1, 0.15) is 0 Å². The quantitative estimate of drug-likeness (QED) is 0.399. The largest absolute Gasteiger partial charge is 0.0956 e. The van der Waals surface area contributed by atoms with Gasteiger partial charge in [-0.2, -0.15) is 0 Å².